The van der Waals surface area contributed by atoms with Gasteiger partial charge in [-0.1, -0.05) is 6.42 Å². The summed E-state index contributed by atoms with van der Waals surface area (Å²) in [5.41, 5.74) is 2.55. The molecule has 1 atom stereocenters. The number of nitrogens with two attached hydrogens (primary N) is 1. The summed E-state index contributed by atoms with van der Waals surface area (Å²) in [6, 6.07) is 2.70. The largest absolute Gasteiger partial charge is 0.368 e. The fourth-order valence-electron chi connectivity index (χ4n) is 2.86. The molecule has 3 heterocycles. The second-order valence-corrected chi connectivity index (χ2v) is 6.86. The molecule has 0 bridgehead atoms. The van der Waals surface area contributed by atoms with E-state index in [9.17, 15) is 0 Å². The first-order chi connectivity index (χ1) is 10.2. The summed E-state index contributed by atoms with van der Waals surface area (Å²) in [6.45, 7) is 4.17. The van der Waals surface area contributed by atoms with Crippen molar-refractivity contribution in [2.24, 2.45) is 5.84 Å². The Balaban J connectivity index is 1.81. The summed E-state index contributed by atoms with van der Waals surface area (Å²) in [5, 5.41) is 4.57. The minimum absolute atomic E-state index is 0.462. The lowest BCUT2D eigenvalue weighted by molar-refractivity contribution is 0.194. The molecule has 114 valence electrons. The number of aromatic nitrogens is 2. The van der Waals surface area contributed by atoms with E-state index in [2.05, 4.69) is 45.6 Å². The molecule has 2 aromatic rings. The van der Waals surface area contributed by atoms with Gasteiger partial charge >= 0.3 is 0 Å². The summed E-state index contributed by atoms with van der Waals surface area (Å²) in [7, 11) is 2.20. The van der Waals surface area contributed by atoms with Gasteiger partial charge in [0.05, 0.1) is 5.39 Å². The summed E-state index contributed by atoms with van der Waals surface area (Å²) >= 11 is 1.66. The van der Waals surface area contributed by atoms with Crippen LogP contribution in [0.25, 0.3) is 10.2 Å². The number of thiophene rings is 1. The zero-order valence-corrected chi connectivity index (χ0v) is 13.3. The number of rotatable bonds is 4. The molecule has 1 aliphatic rings. The Hall–Kier alpha value is -1.44. The second kappa shape index (κ2) is 6.13. The first-order valence-electron chi connectivity index (χ1n) is 7.36. The maximum atomic E-state index is 5.47. The summed E-state index contributed by atoms with van der Waals surface area (Å²) < 4.78 is 0. The van der Waals surface area contributed by atoms with Gasteiger partial charge in [0.1, 0.15) is 10.6 Å². The lowest BCUT2D eigenvalue weighted by Gasteiger charge is -2.32. The highest BCUT2D eigenvalue weighted by Gasteiger charge is 2.19. The van der Waals surface area contributed by atoms with Crippen LogP contribution in [0.4, 0.5) is 11.8 Å². The average molecular weight is 306 g/mol. The lowest BCUT2D eigenvalue weighted by atomic mass is 10.0. The van der Waals surface area contributed by atoms with Gasteiger partial charge in [-0.05, 0) is 39.4 Å². The summed E-state index contributed by atoms with van der Waals surface area (Å²) in [6.07, 6.45) is 3.85. The molecule has 0 radical (unpaired) electrons. The lowest BCUT2D eigenvalue weighted by Crippen LogP contribution is -2.40. The molecular weight excluding hydrogens is 284 g/mol. The van der Waals surface area contributed by atoms with E-state index in [0.717, 1.165) is 22.6 Å². The van der Waals surface area contributed by atoms with Gasteiger partial charge in [0, 0.05) is 17.5 Å². The number of piperidine rings is 1. The Bertz CT molecular complexity index is 625. The molecule has 0 aliphatic carbocycles. The molecule has 0 spiro atoms. The number of likely N-dealkylation sites (N-methyl/N-ethyl adjacent to an activating group) is 1. The molecule has 1 fully saturated rings. The highest BCUT2D eigenvalue weighted by molar-refractivity contribution is 7.18. The smallest absolute Gasteiger partial charge is 0.240 e. The molecule has 21 heavy (non-hydrogen) atoms. The minimum Gasteiger partial charge on any atom is -0.368 e. The van der Waals surface area contributed by atoms with Gasteiger partial charge in [0.25, 0.3) is 0 Å². The normalized spacial score (nSPS) is 19.9. The van der Waals surface area contributed by atoms with Crippen molar-refractivity contribution in [3.63, 3.8) is 0 Å². The van der Waals surface area contributed by atoms with Crippen molar-refractivity contribution < 1.29 is 0 Å². The standard InChI is InChI=1S/C14H22N6S/c1-9-7-11-12(17-14(19-15)18-13(11)21-9)16-8-10-5-3-4-6-20(10)2/h7,10H,3-6,8,15H2,1-2H3,(H2,16,17,18,19). The highest BCUT2D eigenvalue weighted by atomic mass is 32.1. The number of aryl methyl sites for hydroxylation is 1. The first-order valence-corrected chi connectivity index (χ1v) is 8.18. The molecule has 2 aromatic heterocycles. The third-order valence-corrected chi connectivity index (χ3v) is 5.02. The molecule has 0 saturated carbocycles. The minimum atomic E-state index is 0.462. The van der Waals surface area contributed by atoms with Crippen LogP contribution in [0, 0.1) is 6.92 Å². The van der Waals surface area contributed by atoms with Gasteiger partial charge in [-0.25, -0.2) is 10.8 Å². The van der Waals surface area contributed by atoms with Crippen LogP contribution in [-0.2, 0) is 0 Å². The third-order valence-electron chi connectivity index (χ3n) is 4.07. The van der Waals surface area contributed by atoms with Crippen molar-refractivity contribution in [2.45, 2.75) is 32.2 Å². The van der Waals surface area contributed by atoms with Crippen molar-refractivity contribution in [1.29, 1.82) is 0 Å². The molecule has 6 nitrogen and oxygen atoms in total. The summed E-state index contributed by atoms with van der Waals surface area (Å²) in [4.78, 5) is 13.5. The van der Waals surface area contributed by atoms with Crippen molar-refractivity contribution in [3.05, 3.63) is 10.9 Å². The van der Waals surface area contributed by atoms with Gasteiger partial charge < -0.3 is 10.2 Å². The zero-order chi connectivity index (χ0) is 14.8. The molecule has 1 aliphatic heterocycles. The SMILES string of the molecule is Cc1cc2c(NCC3CCCCN3C)nc(NN)nc2s1. The number of hydrogen-bond donors (Lipinski definition) is 3. The van der Waals surface area contributed by atoms with E-state index >= 15 is 0 Å². The Morgan fingerprint density at radius 3 is 3.05 bits per heavy atom. The van der Waals surface area contributed by atoms with Crippen molar-refractivity contribution in [2.75, 3.05) is 30.9 Å². The van der Waals surface area contributed by atoms with Crippen LogP contribution in [0.1, 0.15) is 24.1 Å². The maximum absolute atomic E-state index is 5.47. The van der Waals surface area contributed by atoms with E-state index in [1.165, 1.54) is 30.7 Å². The predicted molar refractivity (Wildman–Crippen MR) is 88.7 cm³/mol. The molecule has 0 aromatic carbocycles. The Morgan fingerprint density at radius 1 is 1.43 bits per heavy atom. The predicted octanol–water partition coefficient (Wildman–Crippen LogP) is 2.18. The Morgan fingerprint density at radius 2 is 2.29 bits per heavy atom. The number of nitrogens with one attached hydrogen (secondary N) is 2. The molecular formula is C14H22N6S. The Labute approximate surface area is 128 Å². The monoisotopic (exact) mass is 306 g/mol. The fourth-order valence-corrected chi connectivity index (χ4v) is 3.74. The van der Waals surface area contributed by atoms with Crippen LogP contribution in [0.15, 0.2) is 6.07 Å². The fraction of sp³-hybridized carbons (Fsp3) is 0.571. The summed E-state index contributed by atoms with van der Waals surface area (Å²) in [5.74, 6) is 6.80. The van der Waals surface area contributed by atoms with Gasteiger partial charge in [0.15, 0.2) is 0 Å². The van der Waals surface area contributed by atoms with Crippen LogP contribution < -0.4 is 16.6 Å². The second-order valence-electron chi connectivity index (χ2n) is 5.63. The van der Waals surface area contributed by atoms with Gasteiger partial charge in [-0.3, -0.25) is 5.43 Å². The number of fused-ring (bicyclic) bond motifs is 1. The number of likely N-dealkylation sites (tertiary alicyclic amines) is 1. The van der Waals surface area contributed by atoms with Gasteiger partial charge in [0.2, 0.25) is 5.95 Å². The highest BCUT2D eigenvalue weighted by Crippen LogP contribution is 2.29. The van der Waals surface area contributed by atoms with Crippen molar-refractivity contribution in [1.82, 2.24) is 14.9 Å². The van der Waals surface area contributed by atoms with Crippen LogP contribution in [0.2, 0.25) is 0 Å². The van der Waals surface area contributed by atoms with Gasteiger partial charge in [-0.2, -0.15) is 4.98 Å². The molecule has 7 heteroatoms. The van der Waals surface area contributed by atoms with Crippen LogP contribution in [0.5, 0.6) is 0 Å². The maximum Gasteiger partial charge on any atom is 0.240 e. The van der Waals surface area contributed by atoms with Crippen LogP contribution in [0.3, 0.4) is 0 Å². The first kappa shape index (κ1) is 14.5. The van der Waals surface area contributed by atoms with Crippen LogP contribution >= 0.6 is 11.3 Å². The molecule has 1 unspecified atom stereocenters. The van der Waals surface area contributed by atoms with Crippen molar-refractivity contribution in [3.8, 4) is 0 Å². The molecule has 0 amide bonds. The third kappa shape index (κ3) is 3.09. The van der Waals surface area contributed by atoms with E-state index in [0.29, 0.717) is 12.0 Å². The zero-order valence-electron chi connectivity index (χ0n) is 12.5. The number of hydrogen-bond acceptors (Lipinski definition) is 7. The number of hydrazine groups is 1. The number of nitrogen functional groups attached to an aromatic ring is 1. The van der Waals surface area contributed by atoms with E-state index in [1.807, 2.05) is 0 Å². The van der Waals surface area contributed by atoms with Crippen LogP contribution in [-0.4, -0.2) is 41.0 Å². The topological polar surface area (TPSA) is 79.1 Å². The Kier molecular flexibility index (Phi) is 4.23. The molecule has 1 saturated heterocycles. The van der Waals surface area contributed by atoms with Crippen molar-refractivity contribution >= 4 is 33.3 Å². The number of anilines is 2. The number of nitrogens with zero attached hydrogens (tertiary/aromatic N) is 3. The molecule has 4 N–H and O–H groups in total. The quantitative estimate of drug-likeness (QED) is 0.593. The van der Waals surface area contributed by atoms with E-state index in [-0.39, 0.29) is 0 Å². The average Bonchev–Trinajstić information content (AvgIpc) is 2.86. The van der Waals surface area contributed by atoms with E-state index < -0.39 is 0 Å². The van der Waals surface area contributed by atoms with E-state index in [4.69, 9.17) is 5.84 Å². The van der Waals surface area contributed by atoms with Gasteiger partial charge in [-0.15, -0.1) is 11.3 Å². The molecule has 3 rings (SSSR count). The van der Waals surface area contributed by atoms with E-state index in [1.54, 1.807) is 11.3 Å².